The minimum absolute atomic E-state index is 0.656. The van der Waals surface area contributed by atoms with Gasteiger partial charge in [0.1, 0.15) is 0 Å². The quantitative estimate of drug-likeness (QED) is 0.706. The zero-order chi connectivity index (χ0) is 13.5. The first-order chi connectivity index (χ1) is 9.27. The van der Waals surface area contributed by atoms with E-state index in [9.17, 15) is 0 Å². The van der Waals surface area contributed by atoms with E-state index >= 15 is 0 Å². The molecule has 0 bridgehead atoms. The highest BCUT2D eigenvalue weighted by atomic mass is 15.2. The molecule has 0 aromatic heterocycles. The van der Waals surface area contributed by atoms with Gasteiger partial charge in [0.25, 0.3) is 0 Å². The summed E-state index contributed by atoms with van der Waals surface area (Å²) in [5.74, 6) is 0. The summed E-state index contributed by atoms with van der Waals surface area (Å²) in [7, 11) is 0. The Bertz CT molecular complexity index is 338. The SMILES string of the molecule is CC(C)N(CCCc1ccccc1)[C]1CCCCC1. The van der Waals surface area contributed by atoms with Crippen LogP contribution in [0.1, 0.15) is 57.9 Å². The minimum atomic E-state index is 0.656. The first-order valence-corrected chi connectivity index (χ1v) is 7.92. The first kappa shape index (κ1) is 14.6. The zero-order valence-corrected chi connectivity index (χ0v) is 12.6. The van der Waals surface area contributed by atoms with Gasteiger partial charge < -0.3 is 0 Å². The van der Waals surface area contributed by atoms with E-state index in [2.05, 4.69) is 49.1 Å². The number of hydrogen-bond donors (Lipinski definition) is 0. The number of hydrogen-bond acceptors (Lipinski definition) is 1. The summed E-state index contributed by atoms with van der Waals surface area (Å²) in [4.78, 5) is 2.67. The predicted octanol–water partition coefficient (Wildman–Crippen LogP) is 4.83. The Hall–Kier alpha value is -0.820. The maximum Gasteiger partial charge on any atom is 0.0396 e. The van der Waals surface area contributed by atoms with E-state index in [1.54, 1.807) is 6.04 Å². The van der Waals surface area contributed by atoms with E-state index in [1.165, 1.54) is 57.1 Å². The van der Waals surface area contributed by atoms with Gasteiger partial charge in [0.05, 0.1) is 0 Å². The molecule has 0 N–H and O–H groups in total. The molecule has 0 amide bonds. The molecule has 1 nitrogen and oxygen atoms in total. The molecule has 105 valence electrons. The average Bonchev–Trinajstić information content (AvgIpc) is 2.45. The monoisotopic (exact) mass is 258 g/mol. The lowest BCUT2D eigenvalue weighted by Crippen LogP contribution is -2.37. The fourth-order valence-corrected chi connectivity index (χ4v) is 3.13. The standard InChI is InChI=1S/C18H28N/c1-16(2)19(18-13-7-4-8-14-18)15-9-12-17-10-5-3-6-11-17/h3,5-6,10-11,16H,4,7-9,12-15H2,1-2H3. The van der Waals surface area contributed by atoms with Crippen LogP contribution >= 0.6 is 0 Å². The summed E-state index contributed by atoms with van der Waals surface area (Å²) in [5.41, 5.74) is 1.47. The first-order valence-electron chi connectivity index (χ1n) is 7.92. The van der Waals surface area contributed by atoms with Gasteiger partial charge in [-0.05, 0) is 51.6 Å². The summed E-state index contributed by atoms with van der Waals surface area (Å²) >= 11 is 0. The van der Waals surface area contributed by atoms with Gasteiger partial charge in [-0.15, -0.1) is 0 Å². The van der Waals surface area contributed by atoms with Gasteiger partial charge in [0.2, 0.25) is 0 Å². The molecule has 0 heterocycles. The summed E-state index contributed by atoms with van der Waals surface area (Å²) in [6.45, 7) is 5.90. The molecule has 1 aromatic rings. The molecule has 1 saturated carbocycles. The van der Waals surface area contributed by atoms with Crippen LogP contribution in [0.5, 0.6) is 0 Å². The van der Waals surface area contributed by atoms with Crippen LogP contribution in [0.15, 0.2) is 30.3 Å². The van der Waals surface area contributed by atoms with Crippen LogP contribution in [0, 0.1) is 6.04 Å². The van der Waals surface area contributed by atoms with Crippen molar-refractivity contribution in [2.45, 2.75) is 64.8 Å². The highest BCUT2D eigenvalue weighted by Gasteiger charge is 2.23. The van der Waals surface area contributed by atoms with Gasteiger partial charge in [-0.25, -0.2) is 0 Å². The number of aryl methyl sites for hydroxylation is 1. The summed E-state index contributed by atoms with van der Waals surface area (Å²) in [6, 6.07) is 13.2. The van der Waals surface area contributed by atoms with E-state index in [4.69, 9.17) is 0 Å². The largest absolute Gasteiger partial charge is 0.293 e. The summed E-state index contributed by atoms with van der Waals surface area (Å²) in [5, 5.41) is 0. The van der Waals surface area contributed by atoms with Gasteiger partial charge in [-0.3, -0.25) is 4.90 Å². The lowest BCUT2D eigenvalue weighted by Gasteiger charge is -2.36. The maximum absolute atomic E-state index is 2.67. The topological polar surface area (TPSA) is 3.24 Å². The molecule has 0 aliphatic heterocycles. The van der Waals surface area contributed by atoms with Gasteiger partial charge >= 0.3 is 0 Å². The van der Waals surface area contributed by atoms with Crippen molar-refractivity contribution in [3.05, 3.63) is 41.9 Å². The highest BCUT2D eigenvalue weighted by molar-refractivity contribution is 5.14. The lowest BCUT2D eigenvalue weighted by atomic mass is 9.93. The summed E-state index contributed by atoms with van der Waals surface area (Å²) in [6.07, 6.45) is 9.38. The Morgan fingerprint density at radius 1 is 1.00 bits per heavy atom. The van der Waals surface area contributed by atoms with Crippen molar-refractivity contribution >= 4 is 0 Å². The second-order valence-corrected chi connectivity index (χ2v) is 6.00. The Balaban J connectivity index is 1.80. The molecule has 2 rings (SSSR count). The zero-order valence-electron chi connectivity index (χ0n) is 12.6. The van der Waals surface area contributed by atoms with Crippen LogP contribution in [0.2, 0.25) is 0 Å². The van der Waals surface area contributed by atoms with Crippen molar-refractivity contribution in [2.24, 2.45) is 0 Å². The van der Waals surface area contributed by atoms with Crippen molar-refractivity contribution < 1.29 is 0 Å². The number of benzene rings is 1. The van der Waals surface area contributed by atoms with E-state index in [0.29, 0.717) is 6.04 Å². The van der Waals surface area contributed by atoms with Crippen LogP contribution in [-0.2, 0) is 6.42 Å². The molecule has 0 atom stereocenters. The predicted molar refractivity (Wildman–Crippen MR) is 82.9 cm³/mol. The van der Waals surface area contributed by atoms with E-state index in [1.807, 2.05) is 0 Å². The molecule has 1 radical (unpaired) electrons. The van der Waals surface area contributed by atoms with E-state index in [0.717, 1.165) is 0 Å². The van der Waals surface area contributed by atoms with Gasteiger partial charge in [0.15, 0.2) is 0 Å². The van der Waals surface area contributed by atoms with Crippen LogP contribution < -0.4 is 0 Å². The third-order valence-corrected chi connectivity index (χ3v) is 4.17. The maximum atomic E-state index is 2.67. The molecule has 0 unspecified atom stereocenters. The highest BCUT2D eigenvalue weighted by Crippen LogP contribution is 2.30. The molecule has 1 heteroatoms. The number of rotatable bonds is 6. The molecule has 1 fully saturated rings. The Kier molecular flexibility index (Phi) is 5.91. The van der Waals surface area contributed by atoms with Crippen LogP contribution in [0.25, 0.3) is 0 Å². The van der Waals surface area contributed by atoms with E-state index < -0.39 is 0 Å². The second-order valence-electron chi connectivity index (χ2n) is 6.00. The third-order valence-electron chi connectivity index (χ3n) is 4.17. The molecule has 1 aliphatic carbocycles. The van der Waals surface area contributed by atoms with Gasteiger partial charge in [-0.1, -0.05) is 49.6 Å². The summed E-state index contributed by atoms with van der Waals surface area (Å²) < 4.78 is 0. The molecular weight excluding hydrogens is 230 g/mol. The molecule has 1 aliphatic rings. The molecule has 1 aromatic carbocycles. The normalized spacial score (nSPS) is 17.3. The average molecular weight is 258 g/mol. The fourth-order valence-electron chi connectivity index (χ4n) is 3.13. The van der Waals surface area contributed by atoms with Crippen molar-refractivity contribution in [2.75, 3.05) is 6.54 Å². The van der Waals surface area contributed by atoms with Crippen LogP contribution in [0.3, 0.4) is 0 Å². The van der Waals surface area contributed by atoms with E-state index in [-0.39, 0.29) is 0 Å². The minimum Gasteiger partial charge on any atom is -0.293 e. The Labute approximate surface area is 119 Å². The van der Waals surface area contributed by atoms with Crippen molar-refractivity contribution in [3.8, 4) is 0 Å². The Morgan fingerprint density at radius 2 is 1.68 bits per heavy atom. The molecule has 0 spiro atoms. The van der Waals surface area contributed by atoms with Crippen LogP contribution in [0.4, 0.5) is 0 Å². The molecule has 0 saturated heterocycles. The second kappa shape index (κ2) is 7.69. The Morgan fingerprint density at radius 3 is 2.32 bits per heavy atom. The smallest absolute Gasteiger partial charge is 0.0396 e. The third kappa shape index (κ3) is 4.65. The number of nitrogens with zero attached hydrogens (tertiary/aromatic N) is 1. The van der Waals surface area contributed by atoms with Crippen LogP contribution in [-0.4, -0.2) is 17.5 Å². The van der Waals surface area contributed by atoms with Gasteiger partial charge in [0, 0.05) is 12.1 Å². The van der Waals surface area contributed by atoms with Crippen molar-refractivity contribution in [1.29, 1.82) is 0 Å². The molecular formula is C18H28N. The lowest BCUT2D eigenvalue weighted by molar-refractivity contribution is 0.193. The molecule has 19 heavy (non-hydrogen) atoms. The van der Waals surface area contributed by atoms with Crippen molar-refractivity contribution in [1.82, 2.24) is 4.90 Å². The fraction of sp³-hybridized carbons (Fsp3) is 0.611. The van der Waals surface area contributed by atoms with Gasteiger partial charge in [-0.2, -0.15) is 0 Å². The van der Waals surface area contributed by atoms with Crippen molar-refractivity contribution in [3.63, 3.8) is 0 Å².